The summed E-state index contributed by atoms with van der Waals surface area (Å²) in [6.07, 6.45) is -4.05. The average molecular weight is 498 g/mol. The van der Waals surface area contributed by atoms with E-state index in [4.69, 9.17) is 14.6 Å². The second-order valence-electron chi connectivity index (χ2n) is 7.08. The zero-order valence-corrected chi connectivity index (χ0v) is 19.4. The van der Waals surface area contributed by atoms with Gasteiger partial charge in [-0.05, 0) is 24.1 Å². The third-order valence-electron chi connectivity index (χ3n) is 4.80. The standard InChI is InChI=1S/C18H29N3O4S.C2HF3O2/c1-3-16-4-6-17(7-5-16)26(23,24)21(14-15-25-2)11-8-18(22)20-12-9-19-10-13-20;3-2(4,5)1(6)7/h4-7,19H,3,8-15H2,1-2H3;(H,6,7). The molecule has 0 spiro atoms. The number of carboxylic acid groups (broad SMARTS) is 1. The van der Waals surface area contributed by atoms with Crippen molar-refractivity contribution in [2.75, 3.05) is 53.0 Å². The number of carbonyl (C=O) groups is 2. The van der Waals surface area contributed by atoms with Crippen LogP contribution >= 0.6 is 0 Å². The molecule has 9 nitrogen and oxygen atoms in total. The van der Waals surface area contributed by atoms with Gasteiger partial charge in [-0.2, -0.15) is 17.5 Å². The van der Waals surface area contributed by atoms with Crippen LogP contribution in [0.3, 0.4) is 0 Å². The van der Waals surface area contributed by atoms with Crippen molar-refractivity contribution in [3.63, 3.8) is 0 Å². The molecule has 0 radical (unpaired) electrons. The molecule has 0 aromatic heterocycles. The van der Waals surface area contributed by atoms with Gasteiger partial charge in [0.05, 0.1) is 11.5 Å². The number of carboxylic acids is 1. The molecule has 13 heteroatoms. The van der Waals surface area contributed by atoms with Gasteiger partial charge in [0.15, 0.2) is 0 Å². The Balaban J connectivity index is 0.000000675. The van der Waals surface area contributed by atoms with Crippen LogP contribution in [0.5, 0.6) is 0 Å². The fourth-order valence-electron chi connectivity index (χ4n) is 2.88. The van der Waals surface area contributed by atoms with Crippen LogP contribution < -0.4 is 5.32 Å². The van der Waals surface area contributed by atoms with Gasteiger partial charge in [0.1, 0.15) is 0 Å². The molecule has 1 aromatic carbocycles. The highest BCUT2D eigenvalue weighted by molar-refractivity contribution is 7.89. The summed E-state index contributed by atoms with van der Waals surface area (Å²) >= 11 is 0. The van der Waals surface area contributed by atoms with Crippen LogP contribution in [0.25, 0.3) is 0 Å². The Hall–Kier alpha value is -2.22. The molecule has 33 heavy (non-hydrogen) atoms. The van der Waals surface area contributed by atoms with Crippen molar-refractivity contribution in [2.45, 2.75) is 30.8 Å². The molecule has 0 saturated carbocycles. The summed E-state index contributed by atoms with van der Waals surface area (Å²) < 4.78 is 64.1. The number of aliphatic carboxylic acids is 1. The highest BCUT2D eigenvalue weighted by Crippen LogP contribution is 2.17. The SMILES string of the molecule is CCc1ccc(S(=O)(=O)N(CCOC)CCC(=O)N2CCNCC2)cc1.O=C(O)C(F)(F)F. The molecule has 0 bridgehead atoms. The fraction of sp³-hybridized carbons (Fsp3) is 0.600. The molecule has 1 heterocycles. The van der Waals surface area contributed by atoms with Crippen LogP contribution in [0.2, 0.25) is 0 Å². The number of sulfonamides is 1. The van der Waals surface area contributed by atoms with Crippen molar-refractivity contribution in [3.05, 3.63) is 29.8 Å². The van der Waals surface area contributed by atoms with E-state index in [2.05, 4.69) is 5.32 Å². The first-order valence-electron chi connectivity index (χ1n) is 10.3. The van der Waals surface area contributed by atoms with Crippen molar-refractivity contribution in [2.24, 2.45) is 0 Å². The van der Waals surface area contributed by atoms with E-state index in [1.54, 1.807) is 17.0 Å². The maximum absolute atomic E-state index is 13.0. The van der Waals surface area contributed by atoms with Gasteiger partial charge < -0.3 is 20.1 Å². The van der Waals surface area contributed by atoms with Crippen molar-refractivity contribution < 1.29 is 41.0 Å². The Kier molecular flexibility index (Phi) is 11.8. The number of alkyl halides is 3. The number of hydrogen-bond acceptors (Lipinski definition) is 6. The molecule has 1 saturated heterocycles. The minimum atomic E-state index is -5.08. The van der Waals surface area contributed by atoms with Crippen LogP contribution in [-0.2, 0) is 30.8 Å². The maximum atomic E-state index is 13.0. The highest BCUT2D eigenvalue weighted by Gasteiger charge is 2.38. The number of carbonyl (C=O) groups excluding carboxylic acids is 1. The highest BCUT2D eigenvalue weighted by atomic mass is 32.2. The van der Waals surface area contributed by atoms with Gasteiger partial charge in [-0.3, -0.25) is 4.79 Å². The molecule has 2 N–H and O–H groups in total. The van der Waals surface area contributed by atoms with Crippen LogP contribution in [0.15, 0.2) is 29.2 Å². The van der Waals surface area contributed by atoms with Crippen molar-refractivity contribution in [3.8, 4) is 0 Å². The summed E-state index contributed by atoms with van der Waals surface area (Å²) in [7, 11) is -2.12. The first kappa shape index (κ1) is 28.8. The smallest absolute Gasteiger partial charge is 0.475 e. The molecule has 1 amide bonds. The van der Waals surface area contributed by atoms with Crippen LogP contribution in [0, 0.1) is 0 Å². The van der Waals surface area contributed by atoms with E-state index in [0.717, 1.165) is 25.1 Å². The van der Waals surface area contributed by atoms with Gasteiger partial charge in [-0.25, -0.2) is 13.2 Å². The number of ether oxygens (including phenoxy) is 1. The summed E-state index contributed by atoms with van der Waals surface area (Å²) in [6.45, 7) is 5.59. The number of methoxy groups -OCH3 is 1. The predicted octanol–water partition coefficient (Wildman–Crippen LogP) is 1.34. The topological polar surface area (TPSA) is 116 Å². The average Bonchev–Trinajstić information content (AvgIpc) is 2.79. The van der Waals surface area contributed by atoms with Crippen molar-refractivity contribution >= 4 is 21.9 Å². The van der Waals surface area contributed by atoms with Gasteiger partial charge in [0, 0.05) is 52.8 Å². The lowest BCUT2D eigenvalue weighted by molar-refractivity contribution is -0.192. The molecule has 1 fully saturated rings. The van der Waals surface area contributed by atoms with Gasteiger partial charge >= 0.3 is 12.1 Å². The fourth-order valence-corrected chi connectivity index (χ4v) is 4.31. The summed E-state index contributed by atoms with van der Waals surface area (Å²) in [5, 5.41) is 10.3. The summed E-state index contributed by atoms with van der Waals surface area (Å²) in [6, 6.07) is 6.92. The second kappa shape index (κ2) is 13.5. The minimum absolute atomic E-state index is 0.00884. The van der Waals surface area contributed by atoms with E-state index < -0.39 is 22.2 Å². The largest absolute Gasteiger partial charge is 0.490 e. The molecule has 2 rings (SSSR count). The van der Waals surface area contributed by atoms with Crippen molar-refractivity contribution in [1.82, 2.24) is 14.5 Å². The van der Waals surface area contributed by atoms with E-state index in [1.165, 1.54) is 11.4 Å². The lowest BCUT2D eigenvalue weighted by Gasteiger charge is -2.28. The normalized spacial score (nSPS) is 14.5. The molecule has 188 valence electrons. The maximum Gasteiger partial charge on any atom is 0.490 e. The van der Waals surface area contributed by atoms with Crippen LogP contribution in [-0.4, -0.2) is 93.8 Å². The first-order chi connectivity index (χ1) is 15.4. The quantitative estimate of drug-likeness (QED) is 0.529. The zero-order chi connectivity index (χ0) is 25.1. The van der Waals surface area contributed by atoms with Gasteiger partial charge in [-0.1, -0.05) is 19.1 Å². The molecule has 0 aliphatic carbocycles. The number of amides is 1. The summed E-state index contributed by atoms with van der Waals surface area (Å²) in [5.41, 5.74) is 1.08. The number of hydrogen-bond donors (Lipinski definition) is 2. The lowest BCUT2D eigenvalue weighted by Crippen LogP contribution is -2.47. The Bertz CT molecular complexity index is 857. The number of rotatable bonds is 9. The summed E-state index contributed by atoms with van der Waals surface area (Å²) in [4.78, 5) is 23.3. The van der Waals surface area contributed by atoms with Crippen molar-refractivity contribution in [1.29, 1.82) is 0 Å². The number of piperazine rings is 1. The summed E-state index contributed by atoms with van der Waals surface area (Å²) in [5.74, 6) is -2.77. The van der Waals surface area contributed by atoms with E-state index in [-0.39, 0.29) is 36.9 Å². The molecule has 1 aliphatic rings. The lowest BCUT2D eigenvalue weighted by atomic mass is 10.2. The number of benzene rings is 1. The van der Waals surface area contributed by atoms with E-state index >= 15 is 0 Å². The number of halogens is 3. The van der Waals surface area contributed by atoms with E-state index in [0.29, 0.717) is 13.1 Å². The third kappa shape index (κ3) is 9.66. The predicted molar refractivity (Wildman–Crippen MR) is 114 cm³/mol. The number of nitrogens with one attached hydrogen (secondary N) is 1. The Labute approximate surface area is 191 Å². The van der Waals surface area contributed by atoms with E-state index in [9.17, 15) is 26.4 Å². The molecule has 0 atom stereocenters. The Morgan fingerprint density at radius 1 is 1.15 bits per heavy atom. The molecule has 1 aromatic rings. The molecule has 1 aliphatic heterocycles. The Morgan fingerprint density at radius 3 is 2.15 bits per heavy atom. The minimum Gasteiger partial charge on any atom is -0.475 e. The third-order valence-corrected chi connectivity index (χ3v) is 6.71. The van der Waals surface area contributed by atoms with E-state index in [1.807, 2.05) is 19.1 Å². The second-order valence-corrected chi connectivity index (χ2v) is 9.02. The first-order valence-corrected chi connectivity index (χ1v) is 11.7. The molecular weight excluding hydrogens is 467 g/mol. The molecule has 0 unspecified atom stereocenters. The van der Waals surface area contributed by atoms with Gasteiger partial charge in [0.25, 0.3) is 0 Å². The van der Waals surface area contributed by atoms with Gasteiger partial charge in [-0.15, -0.1) is 0 Å². The monoisotopic (exact) mass is 497 g/mol. The zero-order valence-electron chi connectivity index (χ0n) is 18.6. The van der Waals surface area contributed by atoms with Crippen LogP contribution in [0.1, 0.15) is 18.9 Å². The Morgan fingerprint density at radius 2 is 1.70 bits per heavy atom. The van der Waals surface area contributed by atoms with Gasteiger partial charge in [0.2, 0.25) is 15.9 Å². The number of aryl methyl sites for hydroxylation is 1. The number of nitrogens with zero attached hydrogens (tertiary/aromatic N) is 2. The van der Waals surface area contributed by atoms with Crippen LogP contribution in [0.4, 0.5) is 13.2 Å². The molecular formula is C20H30F3N3O6S.